The molecule has 0 radical (unpaired) electrons. The SMILES string of the molecule is COC(=O)CN[C@@H](c1ccccc1)c1cc(C)ccc1NC(=O)c1cc(OC)c(OC)c(OC)c1. The topological polar surface area (TPSA) is 95.1 Å². The van der Waals surface area contributed by atoms with E-state index in [0.29, 0.717) is 28.5 Å². The van der Waals surface area contributed by atoms with E-state index in [9.17, 15) is 9.59 Å². The van der Waals surface area contributed by atoms with E-state index in [4.69, 9.17) is 18.9 Å². The van der Waals surface area contributed by atoms with Crippen molar-refractivity contribution in [3.8, 4) is 17.2 Å². The number of ether oxygens (including phenoxy) is 4. The lowest BCUT2D eigenvalue weighted by molar-refractivity contribution is -0.139. The first kappa shape index (κ1) is 25.6. The second-order valence-corrected chi connectivity index (χ2v) is 7.76. The molecule has 0 aromatic heterocycles. The van der Waals surface area contributed by atoms with Gasteiger partial charge in [-0.15, -0.1) is 0 Å². The largest absolute Gasteiger partial charge is 0.493 e. The lowest BCUT2D eigenvalue weighted by Crippen LogP contribution is -2.30. The molecule has 0 aliphatic heterocycles. The number of aryl methyl sites for hydroxylation is 1. The quantitative estimate of drug-likeness (QED) is 0.423. The molecular formula is C27H30N2O6. The molecule has 0 bridgehead atoms. The van der Waals surface area contributed by atoms with Gasteiger partial charge in [-0.1, -0.05) is 48.0 Å². The molecule has 184 valence electrons. The number of esters is 1. The molecule has 0 fully saturated rings. The third kappa shape index (κ3) is 6.10. The zero-order valence-electron chi connectivity index (χ0n) is 20.5. The van der Waals surface area contributed by atoms with Gasteiger partial charge >= 0.3 is 5.97 Å². The fraction of sp³-hybridized carbons (Fsp3) is 0.259. The lowest BCUT2D eigenvalue weighted by atomic mass is 9.95. The Bertz CT molecular complexity index is 1150. The lowest BCUT2D eigenvalue weighted by Gasteiger charge is -2.23. The number of methoxy groups -OCH3 is 4. The molecule has 0 saturated carbocycles. The van der Waals surface area contributed by atoms with Gasteiger partial charge in [0, 0.05) is 11.3 Å². The Kier molecular flexibility index (Phi) is 8.69. The second kappa shape index (κ2) is 11.9. The normalized spacial score (nSPS) is 11.3. The number of hydrogen-bond acceptors (Lipinski definition) is 7. The fourth-order valence-electron chi connectivity index (χ4n) is 3.75. The van der Waals surface area contributed by atoms with Crippen LogP contribution in [0.25, 0.3) is 0 Å². The van der Waals surface area contributed by atoms with Gasteiger partial charge < -0.3 is 24.3 Å². The number of amides is 1. The van der Waals surface area contributed by atoms with Crippen molar-refractivity contribution in [3.63, 3.8) is 0 Å². The summed E-state index contributed by atoms with van der Waals surface area (Å²) in [4.78, 5) is 25.2. The maximum absolute atomic E-state index is 13.3. The first-order valence-corrected chi connectivity index (χ1v) is 11.0. The molecular weight excluding hydrogens is 448 g/mol. The molecule has 0 spiro atoms. The van der Waals surface area contributed by atoms with Crippen LogP contribution in [0.1, 0.15) is 33.1 Å². The summed E-state index contributed by atoms with van der Waals surface area (Å²) in [6.45, 7) is 1.97. The second-order valence-electron chi connectivity index (χ2n) is 7.76. The van der Waals surface area contributed by atoms with E-state index in [1.54, 1.807) is 12.1 Å². The van der Waals surface area contributed by atoms with Crippen molar-refractivity contribution >= 4 is 17.6 Å². The molecule has 0 aliphatic carbocycles. The molecule has 3 aromatic carbocycles. The summed E-state index contributed by atoms with van der Waals surface area (Å²) < 4.78 is 20.9. The summed E-state index contributed by atoms with van der Waals surface area (Å²) in [5.41, 5.74) is 3.68. The van der Waals surface area contributed by atoms with Gasteiger partial charge in [0.1, 0.15) is 0 Å². The number of hydrogen-bond donors (Lipinski definition) is 2. The number of rotatable bonds is 10. The molecule has 2 N–H and O–H groups in total. The number of anilines is 1. The maximum Gasteiger partial charge on any atom is 0.319 e. The summed E-state index contributed by atoms with van der Waals surface area (Å²) in [7, 11) is 5.84. The van der Waals surface area contributed by atoms with E-state index in [1.165, 1.54) is 28.4 Å². The Morgan fingerprint density at radius 2 is 1.51 bits per heavy atom. The minimum atomic E-state index is -0.387. The molecule has 0 saturated heterocycles. The minimum absolute atomic E-state index is 0.00423. The van der Waals surface area contributed by atoms with Crippen LogP contribution < -0.4 is 24.8 Å². The van der Waals surface area contributed by atoms with Crippen LogP contribution in [0.4, 0.5) is 5.69 Å². The van der Waals surface area contributed by atoms with Crippen LogP contribution in [0, 0.1) is 6.92 Å². The predicted octanol–water partition coefficient (Wildman–Crippen LogP) is 4.13. The third-order valence-corrected chi connectivity index (χ3v) is 5.50. The van der Waals surface area contributed by atoms with E-state index >= 15 is 0 Å². The van der Waals surface area contributed by atoms with E-state index < -0.39 is 0 Å². The first-order valence-electron chi connectivity index (χ1n) is 11.0. The number of carbonyl (C=O) groups excluding carboxylic acids is 2. The van der Waals surface area contributed by atoms with Gasteiger partial charge in [-0.05, 0) is 36.2 Å². The van der Waals surface area contributed by atoms with Crippen LogP contribution in [0.3, 0.4) is 0 Å². The Hall–Kier alpha value is -4.04. The molecule has 1 atom stereocenters. The van der Waals surface area contributed by atoms with Crippen molar-refractivity contribution in [2.45, 2.75) is 13.0 Å². The Balaban J connectivity index is 2.01. The van der Waals surface area contributed by atoms with Crippen molar-refractivity contribution in [3.05, 3.63) is 82.9 Å². The van der Waals surface area contributed by atoms with Crippen LogP contribution in [-0.4, -0.2) is 46.9 Å². The Morgan fingerprint density at radius 1 is 0.857 bits per heavy atom. The molecule has 8 nitrogen and oxygen atoms in total. The van der Waals surface area contributed by atoms with Crippen LogP contribution in [0.15, 0.2) is 60.7 Å². The summed E-state index contributed by atoms with van der Waals surface area (Å²) in [5, 5.41) is 6.25. The highest BCUT2D eigenvalue weighted by Gasteiger charge is 2.22. The Labute approximate surface area is 205 Å². The van der Waals surface area contributed by atoms with Crippen molar-refractivity contribution in [1.82, 2.24) is 5.32 Å². The summed E-state index contributed by atoms with van der Waals surface area (Å²) in [6.07, 6.45) is 0. The monoisotopic (exact) mass is 478 g/mol. The zero-order chi connectivity index (χ0) is 25.4. The van der Waals surface area contributed by atoms with Gasteiger partial charge in [-0.2, -0.15) is 0 Å². The van der Waals surface area contributed by atoms with Gasteiger partial charge in [0.15, 0.2) is 11.5 Å². The van der Waals surface area contributed by atoms with E-state index in [0.717, 1.165) is 16.7 Å². The molecule has 0 aliphatic rings. The van der Waals surface area contributed by atoms with Gasteiger partial charge in [-0.25, -0.2) is 0 Å². The summed E-state index contributed by atoms with van der Waals surface area (Å²) in [5.74, 6) is 0.417. The van der Waals surface area contributed by atoms with E-state index in [2.05, 4.69) is 10.6 Å². The standard InChI is InChI=1S/C27H30N2O6/c1-17-11-12-21(29-27(31)19-14-22(32-2)26(35-5)23(15-19)33-3)20(13-17)25(28-16-24(30)34-4)18-9-7-6-8-10-18/h6-15,25,28H,16H2,1-5H3,(H,29,31)/t25-/m0/s1. The van der Waals surface area contributed by atoms with Gasteiger partial charge in [0.2, 0.25) is 5.75 Å². The highest BCUT2D eigenvalue weighted by atomic mass is 16.5. The van der Waals surface area contributed by atoms with Crippen LogP contribution in [0.5, 0.6) is 17.2 Å². The molecule has 3 aromatic rings. The summed E-state index contributed by atoms with van der Waals surface area (Å²) in [6, 6.07) is 18.2. The average Bonchev–Trinajstić information content (AvgIpc) is 2.89. The summed E-state index contributed by atoms with van der Waals surface area (Å²) >= 11 is 0. The third-order valence-electron chi connectivity index (χ3n) is 5.50. The minimum Gasteiger partial charge on any atom is -0.493 e. The predicted molar refractivity (Wildman–Crippen MR) is 134 cm³/mol. The average molecular weight is 479 g/mol. The number of benzene rings is 3. The van der Waals surface area contributed by atoms with Crippen molar-refractivity contribution in [2.75, 3.05) is 40.3 Å². The molecule has 35 heavy (non-hydrogen) atoms. The van der Waals surface area contributed by atoms with Gasteiger partial charge in [-0.3, -0.25) is 14.9 Å². The molecule has 1 amide bonds. The smallest absolute Gasteiger partial charge is 0.319 e. The van der Waals surface area contributed by atoms with Crippen molar-refractivity contribution < 1.29 is 28.5 Å². The van der Waals surface area contributed by atoms with Crippen molar-refractivity contribution in [2.24, 2.45) is 0 Å². The van der Waals surface area contributed by atoms with Crippen LogP contribution in [-0.2, 0) is 9.53 Å². The molecule has 8 heteroatoms. The maximum atomic E-state index is 13.3. The fourth-order valence-corrected chi connectivity index (χ4v) is 3.75. The van der Waals surface area contributed by atoms with Crippen LogP contribution in [0.2, 0.25) is 0 Å². The van der Waals surface area contributed by atoms with Crippen LogP contribution >= 0.6 is 0 Å². The first-order chi connectivity index (χ1) is 16.9. The van der Waals surface area contributed by atoms with E-state index in [-0.39, 0.29) is 24.5 Å². The molecule has 0 unspecified atom stereocenters. The highest BCUT2D eigenvalue weighted by Crippen LogP contribution is 2.38. The van der Waals surface area contributed by atoms with Gasteiger partial charge in [0.05, 0.1) is 41.0 Å². The van der Waals surface area contributed by atoms with E-state index in [1.807, 2.05) is 55.5 Å². The number of carbonyl (C=O) groups is 2. The van der Waals surface area contributed by atoms with Gasteiger partial charge in [0.25, 0.3) is 5.91 Å². The highest BCUT2D eigenvalue weighted by molar-refractivity contribution is 6.05. The number of nitrogens with one attached hydrogen (secondary N) is 2. The molecule has 0 heterocycles. The molecule has 3 rings (SSSR count). The zero-order valence-corrected chi connectivity index (χ0v) is 20.5. The Morgan fingerprint density at radius 3 is 2.09 bits per heavy atom. The van der Waals surface area contributed by atoms with Crippen molar-refractivity contribution in [1.29, 1.82) is 0 Å².